The number of carbonyl (C=O) groups is 2. The van der Waals surface area contributed by atoms with Gasteiger partial charge in [0.05, 0.1) is 5.60 Å². The van der Waals surface area contributed by atoms with E-state index >= 15 is 0 Å². The van der Waals surface area contributed by atoms with Crippen LogP contribution in [0.2, 0.25) is 0 Å². The van der Waals surface area contributed by atoms with Crippen molar-refractivity contribution in [1.82, 2.24) is 5.32 Å². The standard InChI is InChI=1S/C16H23N3O3S/c1-19(2)13-6-4-12(5-7-13)18-15(21)14(20)17-10-16(22-3)8-9-23-11-16/h4-7H,8-11H2,1-3H3,(H,17,20)(H,18,21). The molecule has 6 nitrogen and oxygen atoms in total. The zero-order chi connectivity index (χ0) is 16.9. The molecule has 2 amide bonds. The third kappa shape index (κ3) is 4.62. The topological polar surface area (TPSA) is 70.7 Å². The van der Waals surface area contributed by atoms with Gasteiger partial charge in [-0.3, -0.25) is 9.59 Å². The van der Waals surface area contributed by atoms with E-state index in [-0.39, 0.29) is 5.60 Å². The highest BCUT2D eigenvalue weighted by atomic mass is 32.2. The fourth-order valence-corrected chi connectivity index (χ4v) is 3.71. The maximum Gasteiger partial charge on any atom is 0.313 e. The van der Waals surface area contributed by atoms with Crippen molar-refractivity contribution in [2.24, 2.45) is 0 Å². The predicted octanol–water partition coefficient (Wildman–Crippen LogP) is 1.33. The smallest absolute Gasteiger partial charge is 0.313 e. The van der Waals surface area contributed by atoms with Crippen molar-refractivity contribution in [3.05, 3.63) is 24.3 Å². The normalized spacial score (nSPS) is 20.1. The molecule has 1 saturated heterocycles. The van der Waals surface area contributed by atoms with E-state index in [2.05, 4.69) is 10.6 Å². The fourth-order valence-electron chi connectivity index (χ4n) is 2.31. The molecule has 0 aromatic heterocycles. The predicted molar refractivity (Wildman–Crippen MR) is 94.1 cm³/mol. The number of thioether (sulfide) groups is 1. The summed E-state index contributed by atoms with van der Waals surface area (Å²) in [5, 5.41) is 5.27. The maximum absolute atomic E-state index is 11.9. The summed E-state index contributed by atoms with van der Waals surface area (Å²) in [7, 11) is 5.52. The molecule has 1 aromatic rings. The number of carbonyl (C=O) groups excluding carboxylic acids is 2. The molecule has 1 aliphatic heterocycles. The number of benzene rings is 1. The van der Waals surface area contributed by atoms with Crippen molar-refractivity contribution in [3.8, 4) is 0 Å². The van der Waals surface area contributed by atoms with Crippen LogP contribution in [0.1, 0.15) is 6.42 Å². The molecule has 23 heavy (non-hydrogen) atoms. The minimum absolute atomic E-state index is 0.350. The van der Waals surface area contributed by atoms with Crippen LogP contribution in [0.5, 0.6) is 0 Å². The Morgan fingerprint density at radius 1 is 1.26 bits per heavy atom. The third-order valence-electron chi connectivity index (χ3n) is 3.92. The lowest BCUT2D eigenvalue weighted by molar-refractivity contribution is -0.136. The third-order valence-corrected chi connectivity index (χ3v) is 5.14. The van der Waals surface area contributed by atoms with Crippen molar-refractivity contribution in [1.29, 1.82) is 0 Å². The number of anilines is 2. The van der Waals surface area contributed by atoms with Crippen LogP contribution < -0.4 is 15.5 Å². The lowest BCUT2D eigenvalue weighted by atomic mass is 10.0. The molecule has 0 aliphatic carbocycles. The fraction of sp³-hybridized carbons (Fsp3) is 0.500. The zero-order valence-corrected chi connectivity index (χ0v) is 14.5. The molecule has 2 N–H and O–H groups in total. The Morgan fingerprint density at radius 2 is 1.96 bits per heavy atom. The molecule has 0 saturated carbocycles. The monoisotopic (exact) mass is 337 g/mol. The average Bonchev–Trinajstić information content (AvgIpc) is 3.02. The first kappa shape index (κ1) is 17.6. The Kier molecular flexibility index (Phi) is 5.90. The van der Waals surface area contributed by atoms with E-state index in [4.69, 9.17) is 4.74 Å². The molecule has 1 atom stereocenters. The summed E-state index contributed by atoms with van der Waals surface area (Å²) in [6.45, 7) is 0.350. The van der Waals surface area contributed by atoms with E-state index in [1.165, 1.54) is 0 Å². The summed E-state index contributed by atoms with van der Waals surface area (Å²) in [5.74, 6) is 0.528. The van der Waals surface area contributed by atoms with E-state index in [1.54, 1.807) is 31.0 Å². The number of hydrogen-bond donors (Lipinski definition) is 2. The van der Waals surface area contributed by atoms with Crippen LogP contribution in [0.4, 0.5) is 11.4 Å². The van der Waals surface area contributed by atoms with Gasteiger partial charge in [-0.15, -0.1) is 0 Å². The minimum atomic E-state index is -0.667. The van der Waals surface area contributed by atoms with Gasteiger partial charge in [-0.25, -0.2) is 0 Å². The van der Waals surface area contributed by atoms with Crippen molar-refractivity contribution in [2.75, 3.05) is 49.5 Å². The van der Waals surface area contributed by atoms with Gasteiger partial charge in [0.2, 0.25) is 0 Å². The Morgan fingerprint density at radius 3 is 2.48 bits per heavy atom. The second-order valence-corrected chi connectivity index (χ2v) is 6.87. The van der Waals surface area contributed by atoms with Gasteiger partial charge < -0.3 is 20.3 Å². The largest absolute Gasteiger partial charge is 0.378 e. The number of methoxy groups -OCH3 is 1. The van der Waals surface area contributed by atoms with Crippen molar-refractivity contribution >= 4 is 35.0 Å². The zero-order valence-electron chi connectivity index (χ0n) is 13.7. The second-order valence-electron chi connectivity index (χ2n) is 5.77. The van der Waals surface area contributed by atoms with Crippen LogP contribution in [0.3, 0.4) is 0 Å². The van der Waals surface area contributed by atoms with Crippen LogP contribution in [-0.2, 0) is 14.3 Å². The molecule has 0 spiro atoms. The molecule has 0 bridgehead atoms. The molecule has 0 radical (unpaired) electrons. The van der Waals surface area contributed by atoms with Crippen LogP contribution in [-0.4, -0.2) is 56.7 Å². The summed E-state index contributed by atoms with van der Waals surface area (Å²) >= 11 is 1.79. The first-order chi connectivity index (χ1) is 11.0. The Balaban J connectivity index is 1.86. The Bertz CT molecular complexity index is 554. The Labute approximate surface area is 140 Å². The van der Waals surface area contributed by atoms with E-state index in [9.17, 15) is 9.59 Å². The molecular weight excluding hydrogens is 314 g/mol. The highest BCUT2D eigenvalue weighted by molar-refractivity contribution is 7.99. The number of rotatable bonds is 5. The van der Waals surface area contributed by atoms with Gasteiger partial charge in [-0.1, -0.05) is 0 Å². The molecule has 1 heterocycles. The molecule has 126 valence electrons. The van der Waals surface area contributed by atoms with Crippen LogP contribution in [0.25, 0.3) is 0 Å². The number of hydrogen-bond acceptors (Lipinski definition) is 5. The van der Waals surface area contributed by atoms with Crippen molar-refractivity contribution in [2.45, 2.75) is 12.0 Å². The Hall–Kier alpha value is -1.73. The summed E-state index contributed by atoms with van der Waals surface area (Å²) in [4.78, 5) is 25.9. The minimum Gasteiger partial charge on any atom is -0.378 e. The van der Waals surface area contributed by atoms with Gasteiger partial charge in [0, 0.05) is 44.9 Å². The summed E-state index contributed by atoms with van der Waals surface area (Å²) < 4.78 is 5.51. The van der Waals surface area contributed by atoms with Crippen LogP contribution >= 0.6 is 11.8 Å². The van der Waals surface area contributed by atoms with Crippen molar-refractivity contribution < 1.29 is 14.3 Å². The van der Waals surface area contributed by atoms with Gasteiger partial charge in [0.15, 0.2) is 0 Å². The first-order valence-electron chi connectivity index (χ1n) is 7.45. The number of ether oxygens (including phenoxy) is 1. The van der Waals surface area contributed by atoms with Gasteiger partial charge in [0.25, 0.3) is 0 Å². The van der Waals surface area contributed by atoms with E-state index < -0.39 is 11.8 Å². The van der Waals surface area contributed by atoms with Crippen LogP contribution in [0.15, 0.2) is 24.3 Å². The highest BCUT2D eigenvalue weighted by Crippen LogP contribution is 2.30. The lowest BCUT2D eigenvalue weighted by Gasteiger charge is -2.26. The molecule has 1 aliphatic rings. The van der Waals surface area contributed by atoms with Gasteiger partial charge >= 0.3 is 11.8 Å². The second kappa shape index (κ2) is 7.70. The number of amides is 2. The van der Waals surface area contributed by atoms with E-state index in [0.29, 0.717) is 12.2 Å². The lowest BCUT2D eigenvalue weighted by Crippen LogP contribution is -2.47. The van der Waals surface area contributed by atoms with Gasteiger partial charge in [-0.2, -0.15) is 11.8 Å². The maximum atomic E-state index is 11.9. The number of nitrogens with one attached hydrogen (secondary N) is 2. The molecular formula is C16H23N3O3S. The highest BCUT2D eigenvalue weighted by Gasteiger charge is 2.35. The molecule has 1 unspecified atom stereocenters. The number of nitrogens with zero attached hydrogens (tertiary/aromatic N) is 1. The first-order valence-corrected chi connectivity index (χ1v) is 8.61. The van der Waals surface area contributed by atoms with Crippen LogP contribution in [0, 0.1) is 0 Å². The van der Waals surface area contributed by atoms with E-state index in [1.807, 2.05) is 31.1 Å². The molecule has 7 heteroatoms. The summed E-state index contributed by atoms with van der Waals surface area (Å²) in [6, 6.07) is 7.29. The molecule has 2 rings (SSSR count). The van der Waals surface area contributed by atoms with Crippen molar-refractivity contribution in [3.63, 3.8) is 0 Å². The van der Waals surface area contributed by atoms with E-state index in [0.717, 1.165) is 23.6 Å². The average molecular weight is 337 g/mol. The summed E-state index contributed by atoms with van der Waals surface area (Å²) in [5.41, 5.74) is 1.26. The SMILES string of the molecule is COC1(CNC(=O)C(=O)Nc2ccc(N(C)C)cc2)CCSC1. The van der Waals surface area contributed by atoms with Gasteiger partial charge in [-0.05, 0) is 36.4 Å². The quantitative estimate of drug-likeness (QED) is 0.793. The summed E-state index contributed by atoms with van der Waals surface area (Å²) in [6.07, 6.45) is 0.877. The molecule has 1 aromatic carbocycles. The van der Waals surface area contributed by atoms with Gasteiger partial charge in [0.1, 0.15) is 0 Å². The molecule has 1 fully saturated rings.